The van der Waals surface area contributed by atoms with Gasteiger partial charge in [-0.15, -0.1) is 0 Å². The van der Waals surface area contributed by atoms with E-state index < -0.39 is 0 Å². The molecule has 0 unspecified atom stereocenters. The van der Waals surface area contributed by atoms with Crippen molar-refractivity contribution in [2.45, 2.75) is 61.8 Å². The van der Waals surface area contributed by atoms with Crippen molar-refractivity contribution in [1.82, 2.24) is 0 Å². The normalized spacial score (nSPS) is 11.2. The monoisotopic (exact) mass is 405 g/mol. The summed E-state index contributed by atoms with van der Waals surface area (Å²) in [6, 6.07) is 16.7. The third-order valence-electron chi connectivity index (χ3n) is 3.36. The number of hydrogen-bond acceptors (Lipinski definition) is 1. The molecule has 0 aliphatic heterocycles. The molecule has 0 heterocycles. The SMILES string of the molecule is C.CC(C)(C)Cc1ccc(Br)cc1.CC(C)(C)Cc1ccc(N)cc1. The summed E-state index contributed by atoms with van der Waals surface area (Å²) in [5, 5.41) is 0. The number of rotatable bonds is 2. The maximum absolute atomic E-state index is 5.59. The van der Waals surface area contributed by atoms with Gasteiger partial charge in [-0.05, 0) is 59.1 Å². The van der Waals surface area contributed by atoms with Crippen LogP contribution in [0.1, 0.15) is 60.1 Å². The largest absolute Gasteiger partial charge is 0.399 e. The second kappa shape index (κ2) is 10.0. The number of nitrogens with two attached hydrogens (primary N) is 1. The molecule has 0 radical (unpaired) electrons. The fourth-order valence-corrected chi connectivity index (χ4v) is 2.73. The van der Waals surface area contributed by atoms with E-state index in [1.807, 2.05) is 12.1 Å². The van der Waals surface area contributed by atoms with Crippen LogP contribution >= 0.6 is 15.9 Å². The Bertz CT molecular complexity index is 541. The van der Waals surface area contributed by atoms with E-state index >= 15 is 0 Å². The predicted octanol–water partition coefficient (Wildman–Crippen LogP) is 7.53. The van der Waals surface area contributed by atoms with E-state index in [0.717, 1.165) is 23.0 Å². The molecule has 0 amide bonds. The first-order chi connectivity index (χ1) is 10.9. The Kier molecular flexibility index (Phi) is 9.50. The van der Waals surface area contributed by atoms with Gasteiger partial charge in [0.25, 0.3) is 0 Å². The standard InChI is InChI=1S/C11H15Br.C11H17N.CH4/c2*1-11(2,3)8-9-4-6-10(12)7-5-9;/h4-7H,8H2,1-3H3;4-7H,8,12H2,1-3H3;1H4. The van der Waals surface area contributed by atoms with Crippen LogP contribution in [0.25, 0.3) is 0 Å². The molecule has 2 rings (SSSR count). The molecule has 0 atom stereocenters. The molecule has 0 aliphatic carbocycles. The third kappa shape index (κ3) is 11.8. The second-order valence-electron chi connectivity index (χ2n) is 8.84. The van der Waals surface area contributed by atoms with Gasteiger partial charge in [0, 0.05) is 10.2 Å². The molecule has 2 heteroatoms. The zero-order chi connectivity index (χ0) is 18.4. The summed E-state index contributed by atoms with van der Waals surface area (Å²) in [5.41, 5.74) is 9.94. The summed E-state index contributed by atoms with van der Waals surface area (Å²) in [5.74, 6) is 0. The van der Waals surface area contributed by atoms with Crippen LogP contribution in [-0.2, 0) is 12.8 Å². The highest BCUT2D eigenvalue weighted by Crippen LogP contribution is 2.22. The summed E-state index contributed by atoms with van der Waals surface area (Å²) in [4.78, 5) is 0. The van der Waals surface area contributed by atoms with Crippen LogP contribution in [0.2, 0.25) is 0 Å². The van der Waals surface area contributed by atoms with Crippen LogP contribution in [0.3, 0.4) is 0 Å². The van der Waals surface area contributed by atoms with E-state index in [0.29, 0.717) is 10.8 Å². The summed E-state index contributed by atoms with van der Waals surface area (Å²) in [7, 11) is 0. The molecular weight excluding hydrogens is 370 g/mol. The van der Waals surface area contributed by atoms with Crippen molar-refractivity contribution in [2.75, 3.05) is 5.73 Å². The van der Waals surface area contributed by atoms with Crippen LogP contribution in [-0.4, -0.2) is 0 Å². The maximum Gasteiger partial charge on any atom is 0.0314 e. The lowest BCUT2D eigenvalue weighted by molar-refractivity contribution is 0.411. The van der Waals surface area contributed by atoms with Gasteiger partial charge in [0.2, 0.25) is 0 Å². The summed E-state index contributed by atoms with van der Waals surface area (Å²) in [6.07, 6.45) is 2.24. The molecule has 0 spiro atoms. The molecule has 1 nitrogen and oxygen atoms in total. The van der Waals surface area contributed by atoms with Gasteiger partial charge in [-0.1, -0.05) is 89.2 Å². The molecule has 0 saturated heterocycles. The van der Waals surface area contributed by atoms with Gasteiger partial charge < -0.3 is 5.73 Å². The zero-order valence-electron chi connectivity index (χ0n) is 16.0. The lowest BCUT2D eigenvalue weighted by atomic mass is 9.88. The first-order valence-electron chi connectivity index (χ1n) is 8.53. The highest BCUT2D eigenvalue weighted by molar-refractivity contribution is 9.10. The van der Waals surface area contributed by atoms with Crippen molar-refractivity contribution in [3.05, 3.63) is 64.1 Å². The minimum atomic E-state index is 0. The molecule has 25 heavy (non-hydrogen) atoms. The van der Waals surface area contributed by atoms with Gasteiger partial charge in [-0.2, -0.15) is 0 Å². The molecule has 2 N–H and O–H groups in total. The number of halogens is 1. The highest BCUT2D eigenvalue weighted by Gasteiger charge is 2.11. The lowest BCUT2D eigenvalue weighted by Crippen LogP contribution is -2.08. The molecule has 2 aromatic carbocycles. The molecule has 0 aliphatic rings. The van der Waals surface area contributed by atoms with Gasteiger partial charge in [0.1, 0.15) is 0 Å². The number of hydrogen-bond donors (Lipinski definition) is 1. The van der Waals surface area contributed by atoms with Gasteiger partial charge >= 0.3 is 0 Å². The Labute approximate surface area is 164 Å². The van der Waals surface area contributed by atoms with E-state index in [1.165, 1.54) is 11.1 Å². The Morgan fingerprint density at radius 1 is 0.680 bits per heavy atom. The third-order valence-corrected chi connectivity index (χ3v) is 3.89. The second-order valence-corrected chi connectivity index (χ2v) is 9.76. The van der Waals surface area contributed by atoms with Gasteiger partial charge in [0.05, 0.1) is 0 Å². The van der Waals surface area contributed by atoms with Crippen molar-refractivity contribution in [3.63, 3.8) is 0 Å². The van der Waals surface area contributed by atoms with E-state index in [9.17, 15) is 0 Å². The minimum absolute atomic E-state index is 0. The molecule has 140 valence electrons. The lowest BCUT2D eigenvalue weighted by Gasteiger charge is -2.17. The van der Waals surface area contributed by atoms with E-state index in [2.05, 4.69) is 93.9 Å². The van der Waals surface area contributed by atoms with Crippen LogP contribution in [0.4, 0.5) is 5.69 Å². The summed E-state index contributed by atoms with van der Waals surface area (Å²) >= 11 is 3.43. The van der Waals surface area contributed by atoms with Crippen molar-refractivity contribution < 1.29 is 0 Å². The predicted molar refractivity (Wildman–Crippen MR) is 118 cm³/mol. The van der Waals surface area contributed by atoms with Crippen molar-refractivity contribution in [2.24, 2.45) is 10.8 Å². The van der Waals surface area contributed by atoms with Gasteiger partial charge in [-0.25, -0.2) is 0 Å². The first-order valence-corrected chi connectivity index (χ1v) is 9.33. The molecular formula is C23H36BrN. The van der Waals surface area contributed by atoms with Gasteiger partial charge in [-0.3, -0.25) is 0 Å². The van der Waals surface area contributed by atoms with E-state index in [-0.39, 0.29) is 7.43 Å². The summed E-state index contributed by atoms with van der Waals surface area (Å²) < 4.78 is 1.15. The van der Waals surface area contributed by atoms with E-state index in [4.69, 9.17) is 5.73 Å². The molecule has 0 saturated carbocycles. The zero-order valence-corrected chi connectivity index (χ0v) is 17.6. The Hall–Kier alpha value is -1.28. The molecule has 2 aromatic rings. The maximum atomic E-state index is 5.59. The topological polar surface area (TPSA) is 26.0 Å². The van der Waals surface area contributed by atoms with Crippen molar-refractivity contribution in [1.29, 1.82) is 0 Å². The first kappa shape index (κ1) is 23.7. The summed E-state index contributed by atoms with van der Waals surface area (Å²) in [6.45, 7) is 13.5. The van der Waals surface area contributed by atoms with Crippen LogP contribution in [0.15, 0.2) is 53.0 Å². The fourth-order valence-electron chi connectivity index (χ4n) is 2.46. The van der Waals surface area contributed by atoms with Crippen LogP contribution < -0.4 is 5.73 Å². The van der Waals surface area contributed by atoms with Crippen molar-refractivity contribution in [3.8, 4) is 0 Å². The minimum Gasteiger partial charge on any atom is -0.399 e. The number of anilines is 1. The molecule has 0 bridgehead atoms. The van der Waals surface area contributed by atoms with Crippen LogP contribution in [0, 0.1) is 10.8 Å². The fraction of sp³-hybridized carbons (Fsp3) is 0.478. The highest BCUT2D eigenvalue weighted by atomic mass is 79.9. The smallest absolute Gasteiger partial charge is 0.0314 e. The number of benzene rings is 2. The average molecular weight is 406 g/mol. The Balaban J connectivity index is 0.000000443. The molecule has 0 fully saturated rings. The van der Waals surface area contributed by atoms with Gasteiger partial charge in [0.15, 0.2) is 0 Å². The van der Waals surface area contributed by atoms with Crippen molar-refractivity contribution >= 4 is 21.6 Å². The Morgan fingerprint density at radius 2 is 1.00 bits per heavy atom. The molecule has 0 aromatic heterocycles. The quantitative estimate of drug-likeness (QED) is 0.513. The average Bonchev–Trinajstić information content (AvgIpc) is 2.42. The number of nitrogen functional groups attached to an aromatic ring is 1. The Morgan fingerprint density at radius 3 is 1.32 bits per heavy atom. The van der Waals surface area contributed by atoms with E-state index in [1.54, 1.807) is 0 Å². The van der Waals surface area contributed by atoms with Crippen LogP contribution in [0.5, 0.6) is 0 Å².